The second-order valence-corrected chi connectivity index (χ2v) is 6.35. The fourth-order valence-electron chi connectivity index (χ4n) is 1.39. The summed E-state index contributed by atoms with van der Waals surface area (Å²) < 4.78 is 22.9. The first-order valence-electron chi connectivity index (χ1n) is 5.39. The fraction of sp³-hybridized carbons (Fsp3) is 0. The maximum absolute atomic E-state index is 11.1. The standard InChI is InChI=1S/C12H10BrN3O3S/c13-8-1-6-12(17)11(7-8)16-15-9-2-4-10(5-3-9)20(14,18)19/h1-7,17H,(H2,14,18,19). The number of hydrogen-bond donors (Lipinski definition) is 2. The number of phenolic OH excluding ortho intramolecular Hbond substituents is 1. The molecule has 3 N–H and O–H groups in total. The number of primary sulfonamides is 1. The summed E-state index contributed by atoms with van der Waals surface area (Å²) in [7, 11) is -3.72. The van der Waals surface area contributed by atoms with Crippen LogP contribution in [0.15, 0.2) is 62.1 Å². The number of halogens is 1. The minimum Gasteiger partial charge on any atom is -0.506 e. The van der Waals surface area contributed by atoms with Gasteiger partial charge in [-0.3, -0.25) is 0 Å². The lowest BCUT2D eigenvalue weighted by molar-refractivity contribution is 0.476. The van der Waals surface area contributed by atoms with Crippen molar-refractivity contribution in [2.45, 2.75) is 4.90 Å². The number of sulfonamides is 1. The number of phenols is 1. The van der Waals surface area contributed by atoms with E-state index in [4.69, 9.17) is 5.14 Å². The zero-order valence-electron chi connectivity index (χ0n) is 10.1. The van der Waals surface area contributed by atoms with Crippen LogP contribution >= 0.6 is 15.9 Å². The zero-order chi connectivity index (χ0) is 14.8. The van der Waals surface area contributed by atoms with Crippen LogP contribution in [-0.4, -0.2) is 13.5 Å². The molecule has 2 aromatic rings. The van der Waals surface area contributed by atoms with Gasteiger partial charge in [-0.15, -0.1) is 5.11 Å². The first kappa shape index (κ1) is 14.6. The Kier molecular flexibility index (Phi) is 4.17. The summed E-state index contributed by atoms with van der Waals surface area (Å²) in [6, 6.07) is 10.4. The summed E-state index contributed by atoms with van der Waals surface area (Å²) >= 11 is 3.26. The summed E-state index contributed by atoms with van der Waals surface area (Å²) in [4.78, 5) is 0.00162. The lowest BCUT2D eigenvalue weighted by Gasteiger charge is -1.99. The second kappa shape index (κ2) is 5.70. The largest absolute Gasteiger partial charge is 0.506 e. The monoisotopic (exact) mass is 355 g/mol. The third kappa shape index (κ3) is 3.62. The third-order valence-corrected chi connectivity index (χ3v) is 3.80. The van der Waals surface area contributed by atoms with E-state index in [1.807, 2.05) is 0 Å². The molecule has 0 fully saturated rings. The van der Waals surface area contributed by atoms with Crippen molar-refractivity contribution in [1.29, 1.82) is 0 Å². The minimum atomic E-state index is -3.72. The third-order valence-electron chi connectivity index (χ3n) is 2.38. The fourth-order valence-corrected chi connectivity index (χ4v) is 2.26. The van der Waals surface area contributed by atoms with E-state index in [0.717, 1.165) is 4.47 Å². The van der Waals surface area contributed by atoms with E-state index >= 15 is 0 Å². The molecule has 0 aliphatic carbocycles. The Labute approximate surface area is 124 Å². The van der Waals surface area contributed by atoms with Crippen LogP contribution < -0.4 is 5.14 Å². The van der Waals surface area contributed by atoms with Gasteiger partial charge in [0.2, 0.25) is 10.0 Å². The Morgan fingerprint density at radius 1 is 1.05 bits per heavy atom. The highest BCUT2D eigenvalue weighted by Crippen LogP contribution is 2.31. The molecule has 0 saturated carbocycles. The number of benzene rings is 2. The first-order valence-corrected chi connectivity index (χ1v) is 7.73. The van der Waals surface area contributed by atoms with Crippen LogP contribution in [0.3, 0.4) is 0 Å². The maximum Gasteiger partial charge on any atom is 0.238 e. The van der Waals surface area contributed by atoms with Crippen molar-refractivity contribution in [3.63, 3.8) is 0 Å². The van der Waals surface area contributed by atoms with E-state index in [1.54, 1.807) is 12.1 Å². The summed E-state index contributed by atoms with van der Waals surface area (Å²) in [5.74, 6) is -0.00175. The van der Waals surface area contributed by atoms with Crippen molar-refractivity contribution >= 4 is 37.3 Å². The van der Waals surface area contributed by atoms with Crippen molar-refractivity contribution in [2.75, 3.05) is 0 Å². The Balaban J connectivity index is 2.26. The lowest BCUT2D eigenvalue weighted by Crippen LogP contribution is -2.11. The topological polar surface area (TPSA) is 105 Å². The predicted octanol–water partition coefficient (Wildman–Crippen LogP) is 3.22. The molecule has 2 aromatic carbocycles. The van der Waals surface area contributed by atoms with Gasteiger partial charge in [-0.2, -0.15) is 5.11 Å². The highest BCUT2D eigenvalue weighted by molar-refractivity contribution is 9.10. The molecular weight excluding hydrogens is 346 g/mol. The summed E-state index contributed by atoms with van der Waals surface area (Å²) in [5.41, 5.74) is 0.742. The van der Waals surface area contributed by atoms with Gasteiger partial charge in [0.1, 0.15) is 11.4 Å². The maximum atomic E-state index is 11.1. The smallest absolute Gasteiger partial charge is 0.238 e. The molecular formula is C12H10BrN3O3S. The number of hydrogen-bond acceptors (Lipinski definition) is 5. The van der Waals surface area contributed by atoms with Gasteiger partial charge in [0.15, 0.2) is 0 Å². The molecule has 8 heteroatoms. The Morgan fingerprint density at radius 2 is 1.70 bits per heavy atom. The van der Waals surface area contributed by atoms with Crippen molar-refractivity contribution in [3.8, 4) is 5.75 Å². The van der Waals surface area contributed by atoms with Gasteiger partial charge in [0.25, 0.3) is 0 Å². The molecule has 0 saturated heterocycles. The van der Waals surface area contributed by atoms with E-state index in [1.165, 1.54) is 30.3 Å². The van der Waals surface area contributed by atoms with Crippen LogP contribution in [-0.2, 0) is 10.0 Å². The van der Waals surface area contributed by atoms with Crippen LogP contribution in [0.5, 0.6) is 5.75 Å². The van der Waals surface area contributed by atoms with Gasteiger partial charge in [-0.25, -0.2) is 13.6 Å². The number of aromatic hydroxyl groups is 1. The van der Waals surface area contributed by atoms with Crippen molar-refractivity contribution in [2.24, 2.45) is 15.4 Å². The van der Waals surface area contributed by atoms with Crippen LogP contribution in [0.4, 0.5) is 11.4 Å². The average Bonchev–Trinajstić information content (AvgIpc) is 2.39. The van der Waals surface area contributed by atoms with Gasteiger partial charge in [-0.05, 0) is 42.5 Å². The molecule has 0 spiro atoms. The molecule has 104 valence electrons. The Hall–Kier alpha value is -1.77. The molecule has 0 aromatic heterocycles. The molecule has 0 aliphatic heterocycles. The SMILES string of the molecule is NS(=O)(=O)c1ccc(N=Nc2cc(Br)ccc2O)cc1. The second-order valence-electron chi connectivity index (χ2n) is 3.87. The van der Waals surface area contributed by atoms with E-state index in [9.17, 15) is 13.5 Å². The van der Waals surface area contributed by atoms with Gasteiger partial charge in [0.05, 0.1) is 10.6 Å². The van der Waals surface area contributed by atoms with Crippen LogP contribution in [0.1, 0.15) is 0 Å². The van der Waals surface area contributed by atoms with Gasteiger partial charge < -0.3 is 5.11 Å². The van der Waals surface area contributed by atoms with Crippen LogP contribution in [0, 0.1) is 0 Å². The molecule has 0 radical (unpaired) electrons. The Bertz CT molecular complexity index is 758. The number of nitrogens with two attached hydrogens (primary N) is 1. The van der Waals surface area contributed by atoms with Gasteiger partial charge in [-0.1, -0.05) is 15.9 Å². The van der Waals surface area contributed by atoms with Crippen molar-refractivity contribution in [1.82, 2.24) is 0 Å². The van der Waals surface area contributed by atoms with Gasteiger partial charge in [0, 0.05) is 4.47 Å². The molecule has 0 atom stereocenters. The van der Waals surface area contributed by atoms with E-state index < -0.39 is 10.0 Å². The van der Waals surface area contributed by atoms with E-state index in [0.29, 0.717) is 11.4 Å². The van der Waals surface area contributed by atoms with E-state index in [2.05, 4.69) is 26.2 Å². The van der Waals surface area contributed by atoms with Crippen molar-refractivity contribution < 1.29 is 13.5 Å². The quantitative estimate of drug-likeness (QED) is 0.825. The number of azo groups is 1. The Morgan fingerprint density at radius 3 is 2.30 bits per heavy atom. The van der Waals surface area contributed by atoms with Crippen LogP contribution in [0.2, 0.25) is 0 Å². The molecule has 0 aliphatic rings. The summed E-state index contributed by atoms with van der Waals surface area (Å²) in [5, 5.41) is 22.4. The first-order chi connectivity index (χ1) is 9.36. The van der Waals surface area contributed by atoms with Crippen LogP contribution in [0.25, 0.3) is 0 Å². The van der Waals surface area contributed by atoms with Crippen molar-refractivity contribution in [3.05, 3.63) is 46.9 Å². The summed E-state index contributed by atoms with van der Waals surface area (Å²) in [6.45, 7) is 0. The molecule has 0 unspecified atom stereocenters. The number of rotatable bonds is 3. The molecule has 0 amide bonds. The minimum absolute atomic E-state index is 0.00162. The number of nitrogens with zero attached hydrogens (tertiary/aromatic N) is 2. The zero-order valence-corrected chi connectivity index (χ0v) is 12.5. The normalized spacial score (nSPS) is 11.9. The highest BCUT2D eigenvalue weighted by atomic mass is 79.9. The predicted molar refractivity (Wildman–Crippen MR) is 77.8 cm³/mol. The molecule has 20 heavy (non-hydrogen) atoms. The van der Waals surface area contributed by atoms with E-state index in [-0.39, 0.29) is 10.6 Å². The lowest BCUT2D eigenvalue weighted by atomic mass is 10.3. The highest BCUT2D eigenvalue weighted by Gasteiger charge is 2.06. The summed E-state index contributed by atoms with van der Waals surface area (Å²) in [6.07, 6.45) is 0. The molecule has 6 nitrogen and oxygen atoms in total. The van der Waals surface area contributed by atoms with Gasteiger partial charge >= 0.3 is 0 Å². The molecule has 0 bridgehead atoms. The average molecular weight is 356 g/mol. The molecule has 0 heterocycles. The molecule has 2 rings (SSSR count).